The van der Waals surface area contributed by atoms with Crippen molar-refractivity contribution in [2.45, 2.75) is 36.8 Å². The summed E-state index contributed by atoms with van der Waals surface area (Å²) < 4.78 is 27.6. The number of nitrogens with two attached hydrogens (primary N) is 1. The molecule has 2 rings (SSSR count). The molecule has 4 N–H and O–H groups in total. The van der Waals surface area contributed by atoms with Crippen LogP contribution in [-0.2, 0) is 14.8 Å². The number of H-pyrrole nitrogens is 1. The summed E-state index contributed by atoms with van der Waals surface area (Å²) in [7, 11) is -3.78. The van der Waals surface area contributed by atoms with Crippen LogP contribution in [0.1, 0.15) is 30.3 Å². The van der Waals surface area contributed by atoms with Crippen LogP contribution in [0.4, 0.5) is 0 Å². The maximum atomic E-state index is 11.8. The van der Waals surface area contributed by atoms with Gasteiger partial charge in [-0.3, -0.25) is 4.79 Å². The number of hydrogen-bond acceptors (Lipinski definition) is 4. The molecule has 0 unspecified atom stereocenters. The molecule has 1 aromatic rings. The smallest absolute Gasteiger partial charge is 0.267 e. The minimum absolute atomic E-state index is 0.0743. The predicted octanol–water partition coefficient (Wildman–Crippen LogP) is -0.0406. The van der Waals surface area contributed by atoms with E-state index in [1.54, 1.807) is 0 Å². The quantitative estimate of drug-likeness (QED) is 0.705. The maximum absolute atomic E-state index is 11.8. The van der Waals surface area contributed by atoms with E-state index in [0.29, 0.717) is 6.61 Å². The van der Waals surface area contributed by atoms with Crippen LogP contribution < -0.4 is 10.5 Å². The number of aromatic amines is 1. The Labute approximate surface area is 111 Å². The Kier molecular flexibility index (Phi) is 3.93. The van der Waals surface area contributed by atoms with E-state index in [1.807, 2.05) is 6.92 Å². The fourth-order valence-corrected chi connectivity index (χ4v) is 2.49. The van der Waals surface area contributed by atoms with Gasteiger partial charge in [0.05, 0.1) is 11.0 Å². The molecule has 0 saturated heterocycles. The summed E-state index contributed by atoms with van der Waals surface area (Å²) in [6, 6.07) is 1.30. The predicted molar refractivity (Wildman–Crippen MR) is 68.1 cm³/mol. The number of ether oxygens (including phenoxy) is 1. The van der Waals surface area contributed by atoms with Gasteiger partial charge in [0.2, 0.25) is 10.0 Å². The Balaban J connectivity index is 1.89. The minimum Gasteiger partial charge on any atom is -0.378 e. The molecule has 0 radical (unpaired) electrons. The highest BCUT2D eigenvalue weighted by molar-refractivity contribution is 7.89. The standard InChI is InChI=1S/C11H17N3O4S/c1-2-18-8-3-7(4-8)14-11(15)10-5-9(6-13-10)19(12,16)17/h5-8,13H,2-4H2,1H3,(H,14,15)(H2,12,16,17). The Morgan fingerprint density at radius 1 is 1.58 bits per heavy atom. The summed E-state index contributed by atoms with van der Waals surface area (Å²) in [5, 5.41) is 7.76. The molecule has 8 heteroatoms. The lowest BCUT2D eigenvalue weighted by Gasteiger charge is -2.35. The molecule has 0 aromatic carbocycles. The summed E-state index contributed by atoms with van der Waals surface area (Å²) in [5.41, 5.74) is 0.184. The summed E-state index contributed by atoms with van der Waals surface area (Å²) >= 11 is 0. The first kappa shape index (κ1) is 14.0. The molecule has 0 aliphatic heterocycles. The summed E-state index contributed by atoms with van der Waals surface area (Å²) in [6.07, 6.45) is 2.97. The molecule has 1 aliphatic rings. The van der Waals surface area contributed by atoms with Gasteiger partial charge in [0.15, 0.2) is 0 Å². The molecule has 1 fully saturated rings. The van der Waals surface area contributed by atoms with Crippen molar-refractivity contribution < 1.29 is 17.9 Å². The highest BCUT2D eigenvalue weighted by Crippen LogP contribution is 2.23. The highest BCUT2D eigenvalue weighted by atomic mass is 32.2. The van der Waals surface area contributed by atoms with Crippen LogP contribution >= 0.6 is 0 Å². The van der Waals surface area contributed by atoms with Gasteiger partial charge in [-0.25, -0.2) is 13.6 Å². The third kappa shape index (κ3) is 3.34. The van der Waals surface area contributed by atoms with Crippen LogP contribution in [0.15, 0.2) is 17.2 Å². The third-order valence-electron chi connectivity index (χ3n) is 3.06. The SMILES string of the molecule is CCOC1CC(NC(=O)c2cc(S(N)(=O)=O)c[nH]2)C1. The normalized spacial score (nSPS) is 22.8. The lowest BCUT2D eigenvalue weighted by atomic mass is 9.89. The van der Waals surface area contributed by atoms with Crippen LogP contribution in [0.5, 0.6) is 0 Å². The summed E-state index contributed by atoms with van der Waals surface area (Å²) in [5.74, 6) is -0.338. The van der Waals surface area contributed by atoms with E-state index in [9.17, 15) is 13.2 Å². The van der Waals surface area contributed by atoms with Crippen LogP contribution in [0.2, 0.25) is 0 Å². The van der Waals surface area contributed by atoms with E-state index in [2.05, 4.69) is 10.3 Å². The molecule has 7 nitrogen and oxygen atoms in total. The molecular formula is C11H17N3O4S. The van der Waals surface area contributed by atoms with Gasteiger partial charge in [0.25, 0.3) is 5.91 Å². The van der Waals surface area contributed by atoms with Crippen molar-refractivity contribution >= 4 is 15.9 Å². The Hall–Kier alpha value is -1.38. The van der Waals surface area contributed by atoms with Gasteiger partial charge in [0.1, 0.15) is 5.69 Å². The molecule has 1 saturated carbocycles. The van der Waals surface area contributed by atoms with Gasteiger partial charge in [-0.2, -0.15) is 0 Å². The van der Waals surface area contributed by atoms with Crippen LogP contribution in [-0.4, -0.2) is 38.1 Å². The molecule has 0 bridgehead atoms. The van der Waals surface area contributed by atoms with E-state index in [1.165, 1.54) is 12.3 Å². The molecule has 1 heterocycles. The number of primary sulfonamides is 1. The second kappa shape index (κ2) is 5.32. The van der Waals surface area contributed by atoms with Crippen LogP contribution in [0.25, 0.3) is 0 Å². The zero-order valence-corrected chi connectivity index (χ0v) is 11.4. The Morgan fingerprint density at radius 3 is 2.79 bits per heavy atom. The van der Waals surface area contributed by atoms with Crippen LogP contribution in [0, 0.1) is 0 Å². The Bertz CT molecular complexity index is 560. The topological polar surface area (TPSA) is 114 Å². The first-order chi connectivity index (χ1) is 8.90. The van der Waals surface area contributed by atoms with Crippen molar-refractivity contribution in [3.05, 3.63) is 18.0 Å². The van der Waals surface area contributed by atoms with Gasteiger partial charge in [-0.15, -0.1) is 0 Å². The van der Waals surface area contributed by atoms with Gasteiger partial charge in [-0.05, 0) is 25.8 Å². The van der Waals surface area contributed by atoms with Crippen molar-refractivity contribution in [1.29, 1.82) is 0 Å². The Morgan fingerprint density at radius 2 is 2.26 bits per heavy atom. The number of hydrogen-bond donors (Lipinski definition) is 3. The third-order valence-corrected chi connectivity index (χ3v) is 3.95. The van der Waals surface area contributed by atoms with E-state index < -0.39 is 10.0 Å². The molecule has 1 amide bonds. The van der Waals surface area contributed by atoms with E-state index in [0.717, 1.165) is 12.8 Å². The van der Waals surface area contributed by atoms with E-state index in [-0.39, 0.29) is 28.6 Å². The van der Waals surface area contributed by atoms with Gasteiger partial charge in [0, 0.05) is 18.8 Å². The van der Waals surface area contributed by atoms with Crippen molar-refractivity contribution in [2.24, 2.45) is 5.14 Å². The van der Waals surface area contributed by atoms with E-state index in [4.69, 9.17) is 9.88 Å². The van der Waals surface area contributed by atoms with Crippen molar-refractivity contribution in [1.82, 2.24) is 10.3 Å². The first-order valence-electron chi connectivity index (χ1n) is 6.04. The molecule has 1 aliphatic carbocycles. The fourth-order valence-electron chi connectivity index (χ4n) is 1.99. The van der Waals surface area contributed by atoms with Gasteiger partial charge < -0.3 is 15.0 Å². The molecule has 106 valence electrons. The van der Waals surface area contributed by atoms with Crippen LogP contribution in [0.3, 0.4) is 0 Å². The van der Waals surface area contributed by atoms with Crippen molar-refractivity contribution in [3.8, 4) is 0 Å². The molecule has 0 spiro atoms. The second-order valence-corrected chi connectivity index (χ2v) is 6.07. The van der Waals surface area contributed by atoms with Gasteiger partial charge >= 0.3 is 0 Å². The monoisotopic (exact) mass is 287 g/mol. The maximum Gasteiger partial charge on any atom is 0.267 e. The molecule has 0 atom stereocenters. The summed E-state index contributed by atoms with van der Waals surface area (Å²) in [6.45, 7) is 2.60. The average Bonchev–Trinajstić information content (AvgIpc) is 2.74. The zero-order valence-electron chi connectivity index (χ0n) is 10.5. The molecule has 19 heavy (non-hydrogen) atoms. The fraction of sp³-hybridized carbons (Fsp3) is 0.545. The number of sulfonamides is 1. The number of carbonyl (C=O) groups is 1. The highest BCUT2D eigenvalue weighted by Gasteiger charge is 2.31. The number of aromatic nitrogens is 1. The number of amides is 1. The molecule has 1 aromatic heterocycles. The van der Waals surface area contributed by atoms with E-state index >= 15 is 0 Å². The largest absolute Gasteiger partial charge is 0.378 e. The average molecular weight is 287 g/mol. The molecular weight excluding hydrogens is 270 g/mol. The lowest BCUT2D eigenvalue weighted by molar-refractivity contribution is -0.00866. The van der Waals surface area contributed by atoms with Crippen molar-refractivity contribution in [2.75, 3.05) is 6.61 Å². The first-order valence-corrected chi connectivity index (χ1v) is 7.58. The summed E-state index contributed by atoms with van der Waals surface area (Å²) in [4.78, 5) is 14.3. The number of carbonyl (C=O) groups excluding carboxylic acids is 1. The lowest BCUT2D eigenvalue weighted by Crippen LogP contribution is -2.47. The number of rotatable bonds is 5. The van der Waals surface area contributed by atoms with Gasteiger partial charge in [-0.1, -0.05) is 0 Å². The zero-order chi connectivity index (χ0) is 14.0. The minimum atomic E-state index is -3.78. The second-order valence-electron chi connectivity index (χ2n) is 4.51. The number of nitrogens with one attached hydrogen (secondary N) is 2. The van der Waals surface area contributed by atoms with Crippen molar-refractivity contribution in [3.63, 3.8) is 0 Å².